The number of carbonyl (C=O) groups is 1. The molecule has 1 atom stereocenters. The number of amides is 1. The molecule has 2 aromatic carbocycles. The van der Waals surface area contributed by atoms with Crippen LogP contribution in [0.5, 0.6) is 5.75 Å². The predicted molar refractivity (Wildman–Crippen MR) is 109 cm³/mol. The van der Waals surface area contributed by atoms with Crippen molar-refractivity contribution in [3.05, 3.63) is 53.6 Å². The van der Waals surface area contributed by atoms with E-state index in [1.54, 1.807) is 19.2 Å². The summed E-state index contributed by atoms with van der Waals surface area (Å²) in [4.78, 5) is 15.0. The van der Waals surface area contributed by atoms with E-state index in [0.29, 0.717) is 17.7 Å². The second kappa shape index (κ2) is 7.93. The number of nitrogens with zero attached hydrogens (tertiary/aromatic N) is 2. The third kappa shape index (κ3) is 3.77. The normalized spacial score (nSPS) is 16.3. The van der Waals surface area contributed by atoms with Crippen LogP contribution in [0.4, 0.5) is 5.69 Å². The van der Waals surface area contributed by atoms with Gasteiger partial charge in [0, 0.05) is 32.2 Å². The molecule has 0 fully saturated rings. The van der Waals surface area contributed by atoms with E-state index in [1.165, 1.54) is 30.0 Å². The van der Waals surface area contributed by atoms with Gasteiger partial charge in [-0.15, -0.1) is 0 Å². The molecular formula is C21H26N2O4S. The van der Waals surface area contributed by atoms with Crippen LogP contribution in [0.15, 0.2) is 47.4 Å². The summed E-state index contributed by atoms with van der Waals surface area (Å²) in [7, 11) is 0.986. The number of aryl methyl sites for hydroxylation is 1. The van der Waals surface area contributed by atoms with Crippen molar-refractivity contribution in [3.63, 3.8) is 0 Å². The van der Waals surface area contributed by atoms with Gasteiger partial charge in [0.2, 0.25) is 15.9 Å². The van der Waals surface area contributed by atoms with Gasteiger partial charge >= 0.3 is 0 Å². The Morgan fingerprint density at radius 2 is 1.93 bits per heavy atom. The van der Waals surface area contributed by atoms with E-state index in [4.69, 9.17) is 4.74 Å². The largest absolute Gasteiger partial charge is 0.496 e. The number of para-hydroxylation sites is 1. The Morgan fingerprint density at radius 1 is 1.21 bits per heavy atom. The summed E-state index contributed by atoms with van der Waals surface area (Å²) < 4.78 is 31.4. The molecular weight excluding hydrogens is 376 g/mol. The number of carbonyl (C=O) groups excluding carboxylic acids is 1. The van der Waals surface area contributed by atoms with Crippen molar-refractivity contribution in [1.82, 2.24) is 4.31 Å². The van der Waals surface area contributed by atoms with Gasteiger partial charge in [-0.05, 0) is 55.2 Å². The van der Waals surface area contributed by atoms with Crippen LogP contribution in [0.1, 0.15) is 24.5 Å². The molecule has 1 amide bonds. The molecule has 3 rings (SSSR count). The Morgan fingerprint density at radius 3 is 2.61 bits per heavy atom. The maximum absolute atomic E-state index is 12.9. The number of anilines is 1. The van der Waals surface area contributed by atoms with Gasteiger partial charge < -0.3 is 9.64 Å². The van der Waals surface area contributed by atoms with Crippen LogP contribution in [0.25, 0.3) is 0 Å². The first-order valence-electron chi connectivity index (χ1n) is 9.25. The Balaban J connectivity index is 1.81. The Kier molecular flexibility index (Phi) is 5.76. The standard InChI is InChI=1S/C21H26N2O4S/c1-15-13-16-7-5-6-8-19(16)23(15)21(24)12-9-17-14-18(10-11-20(17)27-4)28(25,26)22(2)3/h5-8,10-11,14-15H,9,12-13H2,1-4H3/t15-/m1/s1. The SMILES string of the molecule is COc1ccc(S(=O)(=O)N(C)C)cc1CCC(=O)N1c2ccccc2C[C@H]1C. The van der Waals surface area contributed by atoms with Crippen molar-refractivity contribution in [1.29, 1.82) is 0 Å². The minimum atomic E-state index is -3.54. The van der Waals surface area contributed by atoms with E-state index in [1.807, 2.05) is 30.0 Å². The van der Waals surface area contributed by atoms with Gasteiger partial charge in [0.1, 0.15) is 5.75 Å². The molecule has 1 aliphatic heterocycles. The highest BCUT2D eigenvalue weighted by molar-refractivity contribution is 7.89. The van der Waals surface area contributed by atoms with Gasteiger partial charge in [-0.3, -0.25) is 4.79 Å². The number of methoxy groups -OCH3 is 1. The van der Waals surface area contributed by atoms with Crippen LogP contribution in [0, 0.1) is 0 Å². The van der Waals surface area contributed by atoms with E-state index >= 15 is 0 Å². The molecule has 0 bridgehead atoms. The molecule has 2 aromatic rings. The highest BCUT2D eigenvalue weighted by Crippen LogP contribution is 2.33. The van der Waals surface area contributed by atoms with Crippen LogP contribution < -0.4 is 9.64 Å². The highest BCUT2D eigenvalue weighted by atomic mass is 32.2. The lowest BCUT2D eigenvalue weighted by Gasteiger charge is -2.23. The molecule has 0 aliphatic carbocycles. The molecule has 0 saturated heterocycles. The minimum Gasteiger partial charge on any atom is -0.496 e. The van der Waals surface area contributed by atoms with Gasteiger partial charge in [-0.2, -0.15) is 0 Å². The van der Waals surface area contributed by atoms with Crippen molar-refractivity contribution < 1.29 is 17.9 Å². The summed E-state index contributed by atoms with van der Waals surface area (Å²) in [5.74, 6) is 0.612. The van der Waals surface area contributed by atoms with Crippen LogP contribution in [0.2, 0.25) is 0 Å². The Hall–Kier alpha value is -2.38. The van der Waals surface area contributed by atoms with Gasteiger partial charge in [0.15, 0.2) is 0 Å². The molecule has 0 N–H and O–H groups in total. The molecule has 1 aliphatic rings. The summed E-state index contributed by atoms with van der Waals surface area (Å²) in [6, 6.07) is 12.8. The number of sulfonamides is 1. The molecule has 0 radical (unpaired) electrons. The predicted octanol–water partition coefficient (Wildman–Crippen LogP) is 2.86. The highest BCUT2D eigenvalue weighted by Gasteiger charge is 2.30. The molecule has 1 heterocycles. The van der Waals surface area contributed by atoms with Gasteiger partial charge in [0.05, 0.1) is 12.0 Å². The number of rotatable bonds is 6. The molecule has 0 saturated carbocycles. The Bertz CT molecular complexity index is 986. The van der Waals surface area contributed by atoms with Crippen molar-refractivity contribution >= 4 is 21.6 Å². The molecule has 0 spiro atoms. The van der Waals surface area contributed by atoms with Gasteiger partial charge in [-0.25, -0.2) is 12.7 Å². The fourth-order valence-electron chi connectivity index (χ4n) is 3.63. The number of benzene rings is 2. The fourth-order valence-corrected chi connectivity index (χ4v) is 4.58. The zero-order valence-corrected chi connectivity index (χ0v) is 17.5. The number of hydrogen-bond acceptors (Lipinski definition) is 4. The third-order valence-corrected chi connectivity index (χ3v) is 6.93. The van der Waals surface area contributed by atoms with Crippen LogP contribution in [-0.4, -0.2) is 45.9 Å². The van der Waals surface area contributed by atoms with Crippen molar-refractivity contribution in [2.45, 2.75) is 37.1 Å². The van der Waals surface area contributed by atoms with E-state index < -0.39 is 10.0 Å². The third-order valence-electron chi connectivity index (χ3n) is 5.11. The van der Waals surface area contributed by atoms with E-state index in [2.05, 4.69) is 6.07 Å². The number of fused-ring (bicyclic) bond motifs is 1. The lowest BCUT2D eigenvalue weighted by Crippen LogP contribution is -2.35. The van der Waals surface area contributed by atoms with E-state index in [0.717, 1.165) is 12.1 Å². The maximum Gasteiger partial charge on any atom is 0.242 e. The Labute approximate surface area is 166 Å². The van der Waals surface area contributed by atoms with E-state index in [-0.39, 0.29) is 23.3 Å². The quantitative estimate of drug-likeness (QED) is 0.745. The zero-order valence-electron chi connectivity index (χ0n) is 16.7. The summed E-state index contributed by atoms with van der Waals surface area (Å²) >= 11 is 0. The second-order valence-electron chi connectivity index (χ2n) is 7.21. The second-order valence-corrected chi connectivity index (χ2v) is 9.36. The van der Waals surface area contributed by atoms with Crippen LogP contribution >= 0.6 is 0 Å². The maximum atomic E-state index is 12.9. The molecule has 28 heavy (non-hydrogen) atoms. The smallest absolute Gasteiger partial charge is 0.242 e. The molecule has 150 valence electrons. The first-order chi connectivity index (χ1) is 13.3. The summed E-state index contributed by atoms with van der Waals surface area (Å²) in [6.07, 6.45) is 1.53. The lowest BCUT2D eigenvalue weighted by atomic mass is 10.1. The van der Waals surface area contributed by atoms with E-state index in [9.17, 15) is 13.2 Å². The van der Waals surface area contributed by atoms with Crippen molar-refractivity contribution in [3.8, 4) is 5.75 Å². The average molecular weight is 403 g/mol. The van der Waals surface area contributed by atoms with Gasteiger partial charge in [-0.1, -0.05) is 18.2 Å². The summed E-state index contributed by atoms with van der Waals surface area (Å²) in [5.41, 5.74) is 2.86. The van der Waals surface area contributed by atoms with Gasteiger partial charge in [0.25, 0.3) is 0 Å². The number of ether oxygens (including phenoxy) is 1. The molecule has 6 nitrogen and oxygen atoms in total. The van der Waals surface area contributed by atoms with Crippen LogP contribution in [0.3, 0.4) is 0 Å². The van der Waals surface area contributed by atoms with Crippen molar-refractivity contribution in [2.24, 2.45) is 0 Å². The fraction of sp³-hybridized carbons (Fsp3) is 0.381. The average Bonchev–Trinajstić information content (AvgIpc) is 3.01. The molecule has 7 heteroatoms. The minimum absolute atomic E-state index is 0.0281. The summed E-state index contributed by atoms with van der Waals surface area (Å²) in [6.45, 7) is 2.04. The molecule has 0 aromatic heterocycles. The van der Waals surface area contributed by atoms with Crippen LogP contribution in [-0.2, 0) is 27.7 Å². The topological polar surface area (TPSA) is 66.9 Å². The first-order valence-corrected chi connectivity index (χ1v) is 10.7. The number of hydrogen-bond donors (Lipinski definition) is 0. The lowest BCUT2D eigenvalue weighted by molar-refractivity contribution is -0.118. The zero-order chi connectivity index (χ0) is 20.5. The first kappa shape index (κ1) is 20.4. The monoisotopic (exact) mass is 402 g/mol. The molecule has 0 unspecified atom stereocenters. The van der Waals surface area contributed by atoms with Crippen molar-refractivity contribution in [2.75, 3.05) is 26.1 Å². The summed E-state index contributed by atoms with van der Waals surface area (Å²) in [5, 5.41) is 0.